The van der Waals surface area contributed by atoms with E-state index in [-0.39, 0.29) is 34.6 Å². The Kier molecular flexibility index (Phi) is 5.57. The van der Waals surface area contributed by atoms with E-state index in [4.69, 9.17) is 18.9 Å². The molecule has 0 radical (unpaired) electrons. The SMILES string of the molecule is COC(=O)[C@@H]1c2c(OC)c(C(C)C)c(OC)c(OC)c2[C@@]2(C)CCCC(C)(C)[C@H]12. The third-order valence-corrected chi connectivity index (χ3v) is 7.34. The summed E-state index contributed by atoms with van der Waals surface area (Å²) in [6.07, 6.45) is 3.17. The fourth-order valence-corrected chi connectivity index (χ4v) is 6.46. The molecule has 0 aromatic heterocycles. The molecule has 2 aliphatic rings. The fourth-order valence-electron chi connectivity index (χ4n) is 6.46. The smallest absolute Gasteiger partial charge is 0.313 e. The third-order valence-electron chi connectivity index (χ3n) is 7.34. The molecule has 1 aromatic carbocycles. The molecule has 0 N–H and O–H groups in total. The number of benzene rings is 1. The zero-order valence-corrected chi connectivity index (χ0v) is 19.4. The van der Waals surface area contributed by atoms with E-state index in [1.165, 1.54) is 7.11 Å². The van der Waals surface area contributed by atoms with Crippen LogP contribution in [0.15, 0.2) is 0 Å². The van der Waals surface area contributed by atoms with Crippen LogP contribution in [-0.4, -0.2) is 34.4 Å². The molecular weight excluding hydrogens is 368 g/mol. The molecule has 5 nitrogen and oxygen atoms in total. The first kappa shape index (κ1) is 21.8. The van der Waals surface area contributed by atoms with E-state index in [0.717, 1.165) is 47.5 Å². The summed E-state index contributed by atoms with van der Waals surface area (Å²) in [6, 6.07) is 0. The highest BCUT2D eigenvalue weighted by Crippen LogP contribution is 2.68. The minimum absolute atomic E-state index is 0.0217. The molecule has 0 unspecified atom stereocenters. The maximum absolute atomic E-state index is 13.2. The van der Waals surface area contributed by atoms with Crippen molar-refractivity contribution in [3.63, 3.8) is 0 Å². The van der Waals surface area contributed by atoms with E-state index in [1.54, 1.807) is 21.3 Å². The van der Waals surface area contributed by atoms with Crippen LogP contribution in [-0.2, 0) is 14.9 Å². The second kappa shape index (κ2) is 7.41. The Labute approximate surface area is 175 Å². The normalized spacial score (nSPS) is 27.2. The van der Waals surface area contributed by atoms with E-state index in [9.17, 15) is 4.79 Å². The quantitative estimate of drug-likeness (QED) is 0.632. The highest BCUT2D eigenvalue weighted by molar-refractivity contribution is 5.85. The van der Waals surface area contributed by atoms with Gasteiger partial charge in [0.1, 0.15) is 5.75 Å². The van der Waals surface area contributed by atoms with E-state index < -0.39 is 0 Å². The van der Waals surface area contributed by atoms with Crippen LogP contribution in [0.1, 0.15) is 82.4 Å². The lowest BCUT2D eigenvalue weighted by Crippen LogP contribution is -2.45. The van der Waals surface area contributed by atoms with Gasteiger partial charge in [-0.05, 0) is 30.1 Å². The van der Waals surface area contributed by atoms with Gasteiger partial charge in [-0.25, -0.2) is 0 Å². The Morgan fingerprint density at radius 1 is 0.931 bits per heavy atom. The summed E-state index contributed by atoms with van der Waals surface area (Å²) >= 11 is 0. The van der Waals surface area contributed by atoms with Crippen molar-refractivity contribution in [3.05, 3.63) is 16.7 Å². The van der Waals surface area contributed by atoms with Crippen LogP contribution in [0.5, 0.6) is 17.2 Å². The number of hydrogen-bond acceptors (Lipinski definition) is 5. The first-order valence-electron chi connectivity index (χ1n) is 10.5. The number of fused-ring (bicyclic) bond motifs is 3. The molecule has 1 fully saturated rings. The molecule has 0 amide bonds. The third kappa shape index (κ3) is 2.91. The number of carbonyl (C=O) groups excluding carboxylic acids is 1. The summed E-state index contributed by atoms with van der Waals surface area (Å²) < 4.78 is 23.2. The van der Waals surface area contributed by atoms with Gasteiger partial charge in [-0.15, -0.1) is 0 Å². The minimum atomic E-state index is -0.387. The van der Waals surface area contributed by atoms with Crippen LogP contribution in [0, 0.1) is 11.3 Å². The summed E-state index contributed by atoms with van der Waals surface area (Å²) in [5.41, 5.74) is 2.69. The number of hydrogen-bond donors (Lipinski definition) is 0. The topological polar surface area (TPSA) is 54.0 Å². The summed E-state index contributed by atoms with van der Waals surface area (Å²) in [4.78, 5) is 13.2. The summed E-state index contributed by atoms with van der Waals surface area (Å²) in [7, 11) is 6.51. The van der Waals surface area contributed by atoms with Gasteiger partial charge in [0, 0.05) is 22.1 Å². The van der Waals surface area contributed by atoms with Crippen molar-refractivity contribution in [1.29, 1.82) is 0 Å². The Hall–Kier alpha value is -1.91. The Bertz CT molecular complexity index is 810. The lowest BCUT2D eigenvalue weighted by molar-refractivity contribution is -0.146. The van der Waals surface area contributed by atoms with Gasteiger partial charge >= 0.3 is 5.97 Å². The van der Waals surface area contributed by atoms with Crippen molar-refractivity contribution in [3.8, 4) is 17.2 Å². The van der Waals surface area contributed by atoms with Crippen LogP contribution in [0.4, 0.5) is 0 Å². The summed E-state index contributed by atoms with van der Waals surface area (Å²) in [5.74, 6) is 1.85. The van der Waals surface area contributed by atoms with Crippen LogP contribution in [0.2, 0.25) is 0 Å². The van der Waals surface area contributed by atoms with Crippen molar-refractivity contribution >= 4 is 5.97 Å². The molecule has 0 bridgehead atoms. The van der Waals surface area contributed by atoms with E-state index in [0.29, 0.717) is 5.75 Å². The van der Waals surface area contributed by atoms with Crippen LogP contribution in [0.3, 0.4) is 0 Å². The molecule has 162 valence electrons. The maximum atomic E-state index is 13.2. The molecule has 0 spiro atoms. The molecule has 3 atom stereocenters. The Morgan fingerprint density at radius 3 is 2.00 bits per heavy atom. The van der Waals surface area contributed by atoms with Crippen LogP contribution < -0.4 is 14.2 Å². The molecule has 2 aliphatic carbocycles. The molecule has 5 heteroatoms. The molecule has 0 aliphatic heterocycles. The number of esters is 1. The Balaban J connectivity index is 2.51. The van der Waals surface area contributed by atoms with E-state index in [2.05, 4.69) is 34.6 Å². The monoisotopic (exact) mass is 404 g/mol. The van der Waals surface area contributed by atoms with Crippen LogP contribution in [0.25, 0.3) is 0 Å². The van der Waals surface area contributed by atoms with Gasteiger partial charge in [0.25, 0.3) is 0 Å². The van der Waals surface area contributed by atoms with Crippen molar-refractivity contribution < 1.29 is 23.7 Å². The predicted octanol–water partition coefficient (Wildman–Crippen LogP) is 5.19. The van der Waals surface area contributed by atoms with Gasteiger partial charge in [-0.2, -0.15) is 0 Å². The molecule has 1 saturated carbocycles. The average Bonchev–Trinajstić information content (AvgIpc) is 2.95. The molecule has 3 rings (SSSR count). The zero-order valence-electron chi connectivity index (χ0n) is 19.4. The summed E-state index contributed by atoms with van der Waals surface area (Å²) in [6.45, 7) is 11.0. The van der Waals surface area contributed by atoms with E-state index >= 15 is 0 Å². The van der Waals surface area contributed by atoms with Crippen molar-refractivity contribution in [2.24, 2.45) is 11.3 Å². The van der Waals surface area contributed by atoms with E-state index in [1.807, 2.05) is 0 Å². The molecule has 0 saturated heterocycles. The number of methoxy groups -OCH3 is 4. The Morgan fingerprint density at radius 2 is 1.52 bits per heavy atom. The minimum Gasteiger partial charge on any atom is -0.496 e. The average molecular weight is 405 g/mol. The zero-order chi connectivity index (χ0) is 21.7. The first-order chi connectivity index (χ1) is 13.6. The molecular formula is C24H36O5. The lowest BCUT2D eigenvalue weighted by Gasteiger charge is -2.49. The van der Waals surface area contributed by atoms with Crippen molar-refractivity contribution in [2.75, 3.05) is 28.4 Å². The van der Waals surface area contributed by atoms with Crippen molar-refractivity contribution in [1.82, 2.24) is 0 Å². The highest BCUT2D eigenvalue weighted by atomic mass is 16.5. The van der Waals surface area contributed by atoms with Gasteiger partial charge in [0.15, 0.2) is 11.5 Å². The number of rotatable bonds is 5. The van der Waals surface area contributed by atoms with Gasteiger partial charge in [-0.1, -0.05) is 41.0 Å². The number of ether oxygens (including phenoxy) is 4. The lowest BCUT2D eigenvalue weighted by atomic mass is 9.55. The van der Waals surface area contributed by atoms with Gasteiger partial charge in [0.05, 0.1) is 34.4 Å². The highest BCUT2D eigenvalue weighted by Gasteiger charge is 2.62. The largest absolute Gasteiger partial charge is 0.496 e. The second-order valence-corrected chi connectivity index (χ2v) is 9.69. The predicted molar refractivity (Wildman–Crippen MR) is 113 cm³/mol. The number of carbonyl (C=O) groups is 1. The van der Waals surface area contributed by atoms with Gasteiger partial charge < -0.3 is 18.9 Å². The fraction of sp³-hybridized carbons (Fsp3) is 0.708. The maximum Gasteiger partial charge on any atom is 0.313 e. The molecule has 29 heavy (non-hydrogen) atoms. The first-order valence-corrected chi connectivity index (χ1v) is 10.5. The molecule has 0 heterocycles. The molecule has 1 aromatic rings. The second-order valence-electron chi connectivity index (χ2n) is 9.69. The van der Waals surface area contributed by atoms with Crippen molar-refractivity contribution in [2.45, 2.75) is 71.1 Å². The standard InChI is InChI=1S/C24H36O5/c1-13(2)14-18(26-6)15-16(22(25)29-9)21-23(3,4)11-10-12-24(21,5)17(15)20(28-8)19(14)27-7/h13,16,21H,10-12H2,1-9H3/t16-,21+,24-/m1/s1. The van der Waals surface area contributed by atoms with Crippen LogP contribution >= 0.6 is 0 Å². The summed E-state index contributed by atoms with van der Waals surface area (Å²) in [5, 5.41) is 0. The van der Waals surface area contributed by atoms with Gasteiger partial charge in [0.2, 0.25) is 0 Å². The van der Waals surface area contributed by atoms with Gasteiger partial charge in [-0.3, -0.25) is 4.79 Å².